The van der Waals surface area contributed by atoms with Crippen LogP contribution in [0.5, 0.6) is 0 Å². The summed E-state index contributed by atoms with van der Waals surface area (Å²) in [5, 5.41) is 4.51. The molecule has 1 saturated heterocycles. The molecule has 28 heavy (non-hydrogen) atoms. The molecule has 0 aromatic carbocycles. The van der Waals surface area contributed by atoms with Gasteiger partial charge in [0.15, 0.2) is 4.77 Å². The molecule has 0 N–H and O–H groups in total. The van der Waals surface area contributed by atoms with Crippen LogP contribution < -0.4 is 0 Å². The van der Waals surface area contributed by atoms with Gasteiger partial charge < -0.3 is 4.57 Å². The van der Waals surface area contributed by atoms with E-state index in [1.54, 1.807) is 0 Å². The highest BCUT2D eigenvalue weighted by Crippen LogP contribution is 2.23. The first-order chi connectivity index (χ1) is 13.7. The lowest BCUT2D eigenvalue weighted by Gasteiger charge is -2.34. The van der Waals surface area contributed by atoms with Crippen LogP contribution in [0.4, 0.5) is 0 Å². The van der Waals surface area contributed by atoms with Crippen LogP contribution in [-0.4, -0.2) is 55.3 Å². The third kappa shape index (κ3) is 5.15. The van der Waals surface area contributed by atoms with Crippen LogP contribution in [0.25, 0.3) is 0 Å². The quantitative estimate of drug-likeness (QED) is 0.484. The second kappa shape index (κ2) is 9.41. The highest BCUT2D eigenvalue weighted by atomic mass is 79.9. The molecule has 3 aromatic rings. The van der Waals surface area contributed by atoms with E-state index in [9.17, 15) is 0 Å². The molecular formula is C19H23BrN6S2. The lowest BCUT2D eigenvalue weighted by Crippen LogP contribution is -2.46. The molecule has 0 radical (unpaired) electrons. The first kappa shape index (κ1) is 19.9. The number of hydrogen-bond acceptors (Lipinski definition) is 6. The fraction of sp³-hybridized carbons (Fsp3) is 0.421. The summed E-state index contributed by atoms with van der Waals surface area (Å²) in [6.45, 7) is 6.82. The zero-order valence-corrected chi connectivity index (χ0v) is 18.8. The number of rotatable bonds is 7. The van der Waals surface area contributed by atoms with E-state index >= 15 is 0 Å². The molecule has 0 bridgehead atoms. The Labute approximate surface area is 182 Å². The molecule has 0 atom stereocenters. The average Bonchev–Trinajstić information content (AvgIpc) is 3.28. The predicted octanol–water partition coefficient (Wildman–Crippen LogP) is 3.65. The minimum atomic E-state index is 0.758. The zero-order valence-electron chi connectivity index (χ0n) is 15.6. The van der Waals surface area contributed by atoms with E-state index in [0.29, 0.717) is 0 Å². The Hall–Kier alpha value is -1.39. The molecule has 0 amide bonds. The van der Waals surface area contributed by atoms with E-state index in [0.717, 1.165) is 62.8 Å². The second-order valence-electron chi connectivity index (χ2n) is 6.92. The van der Waals surface area contributed by atoms with Crippen molar-refractivity contribution in [3.63, 3.8) is 0 Å². The standard InChI is InChI=1S/C19H23BrN6S2/c20-18-5-4-17(28-18)13-23-9-11-24(12-10-23)15-26-19(27)25(14-22-26)8-6-16-3-1-2-7-21-16/h1-5,7,14H,6,8-13,15H2. The van der Waals surface area contributed by atoms with Gasteiger partial charge in [0, 0.05) is 62.5 Å². The number of hydrogen-bond donors (Lipinski definition) is 0. The number of thiophene rings is 1. The van der Waals surface area contributed by atoms with Gasteiger partial charge in [-0.15, -0.1) is 11.3 Å². The first-order valence-electron chi connectivity index (χ1n) is 9.38. The van der Waals surface area contributed by atoms with E-state index in [-0.39, 0.29) is 0 Å². The molecule has 4 rings (SSSR count). The smallest absolute Gasteiger partial charge is 0.198 e. The minimum absolute atomic E-state index is 0.758. The molecule has 1 fully saturated rings. The fourth-order valence-corrected chi connectivity index (χ4v) is 5.11. The van der Waals surface area contributed by atoms with E-state index < -0.39 is 0 Å². The number of nitrogens with zero attached hydrogens (tertiary/aromatic N) is 6. The summed E-state index contributed by atoms with van der Waals surface area (Å²) in [5.74, 6) is 0. The maximum atomic E-state index is 5.62. The van der Waals surface area contributed by atoms with Crippen molar-refractivity contribution in [2.45, 2.75) is 26.2 Å². The van der Waals surface area contributed by atoms with Gasteiger partial charge in [0.05, 0.1) is 10.5 Å². The Morgan fingerprint density at radius 1 is 1.07 bits per heavy atom. The summed E-state index contributed by atoms with van der Waals surface area (Å²) in [5.41, 5.74) is 1.08. The number of aryl methyl sites for hydroxylation is 2. The molecule has 0 unspecified atom stereocenters. The number of pyridine rings is 1. The van der Waals surface area contributed by atoms with Crippen LogP contribution in [0.15, 0.2) is 46.6 Å². The van der Waals surface area contributed by atoms with Crippen molar-refractivity contribution in [1.82, 2.24) is 29.1 Å². The average molecular weight is 479 g/mol. The summed E-state index contributed by atoms with van der Waals surface area (Å²) >= 11 is 11.0. The van der Waals surface area contributed by atoms with Crippen LogP contribution in [0, 0.1) is 4.77 Å². The van der Waals surface area contributed by atoms with Crippen LogP contribution >= 0.6 is 39.5 Å². The Balaban J connectivity index is 1.27. The van der Waals surface area contributed by atoms with Crippen molar-refractivity contribution < 1.29 is 0 Å². The summed E-state index contributed by atoms with van der Waals surface area (Å²) < 4.78 is 5.95. The van der Waals surface area contributed by atoms with Crippen molar-refractivity contribution in [1.29, 1.82) is 0 Å². The number of halogens is 1. The normalized spacial score (nSPS) is 15.9. The van der Waals surface area contributed by atoms with Gasteiger partial charge in [-0.3, -0.25) is 14.8 Å². The summed E-state index contributed by atoms with van der Waals surface area (Å²) in [6, 6.07) is 10.3. The van der Waals surface area contributed by atoms with Crippen LogP contribution in [-0.2, 0) is 26.2 Å². The Kier molecular flexibility index (Phi) is 6.69. The third-order valence-corrected chi connectivity index (χ3v) is 6.99. The Morgan fingerprint density at radius 2 is 1.89 bits per heavy atom. The van der Waals surface area contributed by atoms with Gasteiger partial charge in [0.2, 0.25) is 0 Å². The van der Waals surface area contributed by atoms with Gasteiger partial charge in [-0.1, -0.05) is 6.07 Å². The van der Waals surface area contributed by atoms with E-state index in [1.165, 1.54) is 8.66 Å². The molecule has 148 valence electrons. The molecule has 1 aliphatic heterocycles. The lowest BCUT2D eigenvalue weighted by molar-refractivity contribution is 0.0986. The van der Waals surface area contributed by atoms with Crippen LogP contribution in [0.1, 0.15) is 10.6 Å². The highest BCUT2D eigenvalue weighted by Gasteiger charge is 2.18. The van der Waals surface area contributed by atoms with Crippen molar-refractivity contribution in [3.05, 3.63) is 62.0 Å². The van der Waals surface area contributed by atoms with E-state index in [1.807, 2.05) is 51.3 Å². The van der Waals surface area contributed by atoms with Crippen LogP contribution in [0.2, 0.25) is 0 Å². The summed E-state index contributed by atoms with van der Waals surface area (Å²) in [6.07, 6.45) is 4.53. The summed E-state index contributed by atoms with van der Waals surface area (Å²) in [4.78, 5) is 10.7. The molecule has 0 saturated carbocycles. The van der Waals surface area contributed by atoms with Crippen molar-refractivity contribution in [2.75, 3.05) is 26.2 Å². The maximum absolute atomic E-state index is 5.62. The SMILES string of the molecule is S=c1n(CCc2ccccn2)cnn1CN1CCN(Cc2ccc(Br)s2)CC1. The van der Waals surface area contributed by atoms with Crippen molar-refractivity contribution in [3.8, 4) is 0 Å². The molecule has 4 heterocycles. The van der Waals surface area contributed by atoms with Crippen molar-refractivity contribution in [2.24, 2.45) is 0 Å². The van der Waals surface area contributed by atoms with Gasteiger partial charge in [0.1, 0.15) is 6.33 Å². The van der Waals surface area contributed by atoms with E-state index in [2.05, 4.69) is 47.9 Å². The molecule has 1 aliphatic rings. The predicted molar refractivity (Wildman–Crippen MR) is 118 cm³/mol. The van der Waals surface area contributed by atoms with Gasteiger partial charge in [-0.2, -0.15) is 5.10 Å². The van der Waals surface area contributed by atoms with Gasteiger partial charge in [-0.05, 0) is 52.4 Å². The van der Waals surface area contributed by atoms with Gasteiger partial charge in [0.25, 0.3) is 0 Å². The molecule has 9 heteroatoms. The monoisotopic (exact) mass is 478 g/mol. The first-order valence-corrected chi connectivity index (χ1v) is 11.4. The Bertz CT molecular complexity index is 943. The largest absolute Gasteiger partial charge is 0.306 e. The van der Waals surface area contributed by atoms with Crippen molar-refractivity contribution >= 4 is 39.5 Å². The topological polar surface area (TPSA) is 42.1 Å². The maximum Gasteiger partial charge on any atom is 0.198 e. The molecule has 0 aliphatic carbocycles. The summed E-state index contributed by atoms with van der Waals surface area (Å²) in [7, 11) is 0. The van der Waals surface area contributed by atoms with Gasteiger partial charge >= 0.3 is 0 Å². The van der Waals surface area contributed by atoms with Gasteiger partial charge in [-0.25, -0.2) is 4.68 Å². The second-order valence-corrected chi connectivity index (χ2v) is 9.83. The highest BCUT2D eigenvalue weighted by molar-refractivity contribution is 9.11. The zero-order chi connectivity index (χ0) is 19.3. The molecular weight excluding hydrogens is 456 g/mol. The van der Waals surface area contributed by atoms with E-state index in [4.69, 9.17) is 12.2 Å². The fourth-order valence-electron chi connectivity index (χ4n) is 3.34. The number of piperazine rings is 1. The molecule has 6 nitrogen and oxygen atoms in total. The molecule has 3 aromatic heterocycles. The third-order valence-electron chi connectivity index (χ3n) is 4.94. The minimum Gasteiger partial charge on any atom is -0.306 e. The van der Waals surface area contributed by atoms with Crippen LogP contribution in [0.3, 0.4) is 0 Å². The Morgan fingerprint density at radius 3 is 2.61 bits per heavy atom. The molecule has 0 spiro atoms. The lowest BCUT2D eigenvalue weighted by atomic mass is 10.3. The number of aromatic nitrogens is 4.